The third-order valence-electron chi connectivity index (χ3n) is 2.71. The van der Waals surface area contributed by atoms with Gasteiger partial charge < -0.3 is 5.11 Å². The van der Waals surface area contributed by atoms with Gasteiger partial charge in [-0.1, -0.05) is 12.1 Å². The molecule has 0 saturated carbocycles. The highest BCUT2D eigenvalue weighted by molar-refractivity contribution is 7.92. The molecular weight excluding hydrogens is 266 g/mol. The van der Waals surface area contributed by atoms with Gasteiger partial charge in [0.05, 0.1) is 17.2 Å². The Hall–Kier alpha value is -1.86. The predicted molar refractivity (Wildman–Crippen MR) is 71.1 cm³/mol. The van der Waals surface area contributed by atoms with Crippen LogP contribution in [0.1, 0.15) is 18.6 Å². The average molecular weight is 281 g/mol. The van der Waals surface area contributed by atoms with Crippen LogP contribution in [0.4, 0.5) is 5.82 Å². The van der Waals surface area contributed by atoms with E-state index in [0.29, 0.717) is 11.4 Å². The van der Waals surface area contributed by atoms with Crippen molar-refractivity contribution in [1.82, 2.24) is 9.78 Å². The molecule has 2 rings (SSSR count). The number of rotatable bonds is 4. The van der Waals surface area contributed by atoms with Crippen LogP contribution in [0, 0.1) is 0 Å². The molecule has 2 N–H and O–H groups in total. The van der Waals surface area contributed by atoms with Crippen LogP contribution in [-0.2, 0) is 17.1 Å². The van der Waals surface area contributed by atoms with E-state index < -0.39 is 16.1 Å². The molecule has 0 aliphatic carbocycles. The number of anilines is 1. The van der Waals surface area contributed by atoms with Crippen LogP contribution in [0.25, 0.3) is 0 Å². The first-order chi connectivity index (χ1) is 8.90. The van der Waals surface area contributed by atoms with Crippen molar-refractivity contribution in [1.29, 1.82) is 0 Å². The van der Waals surface area contributed by atoms with Gasteiger partial charge in [0, 0.05) is 13.1 Å². The van der Waals surface area contributed by atoms with Gasteiger partial charge in [0.1, 0.15) is 5.82 Å². The van der Waals surface area contributed by atoms with Crippen molar-refractivity contribution in [2.75, 3.05) is 4.72 Å². The Morgan fingerprint density at radius 2 is 2.11 bits per heavy atom. The minimum atomic E-state index is -3.68. The highest BCUT2D eigenvalue weighted by atomic mass is 32.2. The molecule has 1 heterocycles. The molecule has 6 nitrogen and oxygen atoms in total. The second-order valence-electron chi connectivity index (χ2n) is 4.19. The maximum absolute atomic E-state index is 12.2. The number of benzene rings is 1. The number of aryl methyl sites for hydroxylation is 1. The summed E-state index contributed by atoms with van der Waals surface area (Å²) in [5, 5.41) is 13.4. The van der Waals surface area contributed by atoms with E-state index in [0.717, 1.165) is 0 Å². The lowest BCUT2D eigenvalue weighted by atomic mass is 10.1. The minimum absolute atomic E-state index is 0.104. The summed E-state index contributed by atoms with van der Waals surface area (Å²) in [6.45, 7) is 1.58. The molecule has 19 heavy (non-hydrogen) atoms. The summed E-state index contributed by atoms with van der Waals surface area (Å²) in [4.78, 5) is 0.104. The van der Waals surface area contributed by atoms with Crippen LogP contribution in [0.3, 0.4) is 0 Å². The van der Waals surface area contributed by atoms with Gasteiger partial charge in [-0.05, 0) is 24.6 Å². The number of aliphatic hydroxyl groups excluding tert-OH is 1. The fourth-order valence-corrected chi connectivity index (χ4v) is 2.75. The monoisotopic (exact) mass is 281 g/mol. The van der Waals surface area contributed by atoms with Gasteiger partial charge in [-0.3, -0.25) is 9.40 Å². The van der Waals surface area contributed by atoms with E-state index in [-0.39, 0.29) is 4.90 Å². The molecule has 7 heteroatoms. The van der Waals surface area contributed by atoms with E-state index in [9.17, 15) is 13.5 Å². The molecule has 0 aliphatic heterocycles. The van der Waals surface area contributed by atoms with Gasteiger partial charge in [-0.25, -0.2) is 8.42 Å². The van der Waals surface area contributed by atoms with Crippen LogP contribution in [-0.4, -0.2) is 23.3 Å². The van der Waals surface area contributed by atoms with Gasteiger partial charge in [-0.2, -0.15) is 5.10 Å². The third kappa shape index (κ3) is 2.94. The van der Waals surface area contributed by atoms with Crippen LogP contribution in [0.15, 0.2) is 41.4 Å². The first kappa shape index (κ1) is 13.6. The largest absolute Gasteiger partial charge is 0.389 e. The van der Waals surface area contributed by atoms with Gasteiger partial charge in [0.25, 0.3) is 10.0 Å². The van der Waals surface area contributed by atoms with E-state index in [2.05, 4.69) is 9.82 Å². The Morgan fingerprint density at radius 3 is 2.68 bits per heavy atom. The van der Waals surface area contributed by atoms with Crippen molar-refractivity contribution in [2.45, 2.75) is 17.9 Å². The van der Waals surface area contributed by atoms with Gasteiger partial charge >= 0.3 is 0 Å². The maximum Gasteiger partial charge on any atom is 0.263 e. The number of hydrogen-bond donors (Lipinski definition) is 2. The summed E-state index contributed by atoms with van der Waals surface area (Å²) in [5.74, 6) is 0.377. The summed E-state index contributed by atoms with van der Waals surface area (Å²) in [7, 11) is -2.04. The summed E-state index contributed by atoms with van der Waals surface area (Å²) in [6.07, 6.45) is 0.788. The molecule has 102 valence electrons. The topological polar surface area (TPSA) is 84.2 Å². The lowest BCUT2D eigenvalue weighted by molar-refractivity contribution is 0.199. The lowest BCUT2D eigenvalue weighted by Gasteiger charge is -2.10. The first-order valence-corrected chi connectivity index (χ1v) is 7.17. The molecule has 0 spiro atoms. The van der Waals surface area contributed by atoms with Crippen molar-refractivity contribution in [3.8, 4) is 0 Å². The number of nitrogens with zero attached hydrogens (tertiary/aromatic N) is 2. The van der Waals surface area contributed by atoms with Gasteiger partial charge in [0.2, 0.25) is 0 Å². The molecular formula is C12H15N3O3S. The number of hydrogen-bond acceptors (Lipinski definition) is 4. The highest BCUT2D eigenvalue weighted by Gasteiger charge is 2.16. The minimum Gasteiger partial charge on any atom is -0.389 e. The van der Waals surface area contributed by atoms with Crippen LogP contribution >= 0.6 is 0 Å². The molecule has 2 aromatic rings. The smallest absolute Gasteiger partial charge is 0.263 e. The Bertz CT molecular complexity index is 677. The molecule has 0 amide bonds. The van der Waals surface area contributed by atoms with Crippen LogP contribution < -0.4 is 4.72 Å². The van der Waals surface area contributed by atoms with Crippen molar-refractivity contribution in [2.24, 2.45) is 7.05 Å². The molecule has 1 unspecified atom stereocenters. The Labute approximate surface area is 111 Å². The van der Waals surface area contributed by atoms with Crippen molar-refractivity contribution >= 4 is 15.8 Å². The SMILES string of the molecule is CC(O)c1cccc(S(=O)(=O)Nc2ccnn2C)c1. The van der Waals surface area contributed by atoms with E-state index in [1.807, 2.05) is 0 Å². The summed E-state index contributed by atoms with van der Waals surface area (Å²) in [6, 6.07) is 7.76. The molecule has 0 radical (unpaired) electrons. The number of aromatic nitrogens is 2. The predicted octanol–water partition coefficient (Wildman–Crippen LogP) is 1.27. The number of sulfonamides is 1. The summed E-state index contributed by atoms with van der Waals surface area (Å²) >= 11 is 0. The van der Waals surface area contributed by atoms with Gasteiger partial charge in [-0.15, -0.1) is 0 Å². The normalized spacial score (nSPS) is 13.2. The maximum atomic E-state index is 12.2. The molecule has 1 aromatic carbocycles. The summed E-state index contributed by atoms with van der Waals surface area (Å²) < 4.78 is 28.3. The van der Waals surface area contributed by atoms with E-state index >= 15 is 0 Å². The first-order valence-electron chi connectivity index (χ1n) is 5.69. The molecule has 0 fully saturated rings. The van der Waals surface area contributed by atoms with Crippen molar-refractivity contribution < 1.29 is 13.5 Å². The lowest BCUT2D eigenvalue weighted by Crippen LogP contribution is -2.15. The molecule has 1 aromatic heterocycles. The average Bonchev–Trinajstić information content (AvgIpc) is 2.74. The number of aliphatic hydroxyl groups is 1. The second-order valence-corrected chi connectivity index (χ2v) is 5.88. The zero-order valence-corrected chi connectivity index (χ0v) is 11.4. The van der Waals surface area contributed by atoms with Crippen LogP contribution in [0.2, 0.25) is 0 Å². The molecule has 1 atom stereocenters. The van der Waals surface area contributed by atoms with Crippen LogP contribution in [0.5, 0.6) is 0 Å². The Balaban J connectivity index is 2.35. The molecule has 0 saturated heterocycles. The van der Waals surface area contributed by atoms with E-state index in [1.54, 1.807) is 32.2 Å². The Morgan fingerprint density at radius 1 is 1.37 bits per heavy atom. The van der Waals surface area contributed by atoms with E-state index in [4.69, 9.17) is 0 Å². The Kier molecular flexibility index (Phi) is 3.59. The fourth-order valence-electron chi connectivity index (χ4n) is 1.61. The zero-order valence-electron chi connectivity index (χ0n) is 10.6. The van der Waals surface area contributed by atoms with E-state index in [1.165, 1.54) is 23.0 Å². The van der Waals surface area contributed by atoms with Gasteiger partial charge in [0.15, 0.2) is 0 Å². The fraction of sp³-hybridized carbons (Fsp3) is 0.250. The zero-order chi connectivity index (χ0) is 14.0. The van der Waals surface area contributed by atoms with Crippen molar-refractivity contribution in [3.63, 3.8) is 0 Å². The second kappa shape index (κ2) is 5.02. The highest BCUT2D eigenvalue weighted by Crippen LogP contribution is 2.19. The number of nitrogens with one attached hydrogen (secondary N) is 1. The molecule has 0 bridgehead atoms. The van der Waals surface area contributed by atoms with Crippen molar-refractivity contribution in [3.05, 3.63) is 42.1 Å². The summed E-state index contributed by atoms with van der Waals surface area (Å²) in [5.41, 5.74) is 0.549. The quantitative estimate of drug-likeness (QED) is 0.884. The molecule has 0 aliphatic rings. The standard InChI is InChI=1S/C12H15N3O3S/c1-9(16)10-4-3-5-11(8-10)19(17,18)14-12-6-7-13-15(12)2/h3-9,14,16H,1-2H3. The third-order valence-corrected chi connectivity index (χ3v) is 4.06.